The van der Waals surface area contributed by atoms with E-state index in [1.165, 1.54) is 0 Å². The highest BCUT2D eigenvalue weighted by molar-refractivity contribution is 5.81. The molecule has 0 unspecified atom stereocenters. The summed E-state index contributed by atoms with van der Waals surface area (Å²) in [7, 11) is 0. The number of aromatic nitrogens is 2. The highest BCUT2D eigenvalue weighted by Gasteiger charge is 2.38. The summed E-state index contributed by atoms with van der Waals surface area (Å²) >= 11 is 0. The molecule has 1 aromatic carbocycles. The molecule has 0 spiro atoms. The minimum absolute atomic E-state index is 0.0276. The van der Waals surface area contributed by atoms with Gasteiger partial charge in [-0.05, 0) is 38.8 Å². The summed E-state index contributed by atoms with van der Waals surface area (Å²) < 4.78 is 5.56. The topological polar surface area (TPSA) is 157 Å². The number of ether oxygens (including phenoxy) is 1. The van der Waals surface area contributed by atoms with Crippen LogP contribution in [-0.4, -0.2) is 51.2 Å². The minimum Gasteiger partial charge on any atom is -0.460 e. The van der Waals surface area contributed by atoms with Crippen LogP contribution in [0.4, 0.5) is 23.0 Å². The maximum absolute atomic E-state index is 12.0. The molecule has 1 aromatic heterocycles. The zero-order valence-electron chi connectivity index (χ0n) is 18.4. The number of benzene rings is 1. The Morgan fingerprint density at radius 1 is 1.31 bits per heavy atom. The predicted molar refractivity (Wildman–Crippen MR) is 119 cm³/mol. The lowest BCUT2D eigenvalue weighted by Gasteiger charge is -2.37. The number of aliphatic hydroxyl groups is 1. The lowest BCUT2D eigenvalue weighted by molar-refractivity contribution is -0.383. The highest BCUT2D eigenvalue weighted by Crippen LogP contribution is 2.39. The van der Waals surface area contributed by atoms with Crippen LogP contribution < -0.4 is 20.7 Å². The van der Waals surface area contributed by atoms with Crippen molar-refractivity contribution in [1.29, 1.82) is 0 Å². The number of nitrogens with one attached hydrogen (secondary N) is 1. The first-order valence-corrected chi connectivity index (χ1v) is 10.3. The Balaban J connectivity index is 2.02. The van der Waals surface area contributed by atoms with Crippen molar-refractivity contribution in [1.82, 2.24) is 9.97 Å². The number of amides is 1. The molecule has 1 aliphatic heterocycles. The van der Waals surface area contributed by atoms with E-state index in [4.69, 9.17) is 10.5 Å². The molecule has 3 rings (SSSR count). The summed E-state index contributed by atoms with van der Waals surface area (Å²) in [5.74, 6) is -0.337. The van der Waals surface area contributed by atoms with Gasteiger partial charge in [0.1, 0.15) is 6.61 Å². The largest absolute Gasteiger partial charge is 0.460 e. The summed E-state index contributed by atoms with van der Waals surface area (Å²) in [5, 5.41) is 25.0. The van der Waals surface area contributed by atoms with E-state index < -0.39 is 21.8 Å². The number of rotatable bonds is 8. The first kappa shape index (κ1) is 23.2. The van der Waals surface area contributed by atoms with Crippen molar-refractivity contribution in [2.24, 2.45) is 11.1 Å². The molecular weight excluding hydrogens is 416 g/mol. The lowest BCUT2D eigenvalue weighted by atomic mass is 9.80. The molecule has 0 aliphatic carbocycles. The second kappa shape index (κ2) is 8.95. The first-order chi connectivity index (χ1) is 15.0. The molecule has 0 radical (unpaired) electrons. The standard InChI is InChI=1S/C21H28N6O5/c1-20(2,29)13-32-19-24-16(23-14-7-5-4-6-8-14)15(27(30)31)17(25-19)26-11-9-21(3,10-12-26)18(22)28/h4-8,29H,9-13H2,1-3H3,(H2,22,28)(H,23,24,25). The smallest absolute Gasteiger partial charge is 0.354 e. The van der Waals surface area contributed by atoms with Gasteiger partial charge in [-0.15, -0.1) is 0 Å². The second-order valence-corrected chi connectivity index (χ2v) is 8.79. The van der Waals surface area contributed by atoms with E-state index in [0.717, 1.165) is 0 Å². The molecule has 0 saturated carbocycles. The molecule has 172 valence electrons. The van der Waals surface area contributed by atoms with Crippen molar-refractivity contribution in [3.8, 4) is 6.01 Å². The Morgan fingerprint density at radius 3 is 2.47 bits per heavy atom. The van der Waals surface area contributed by atoms with Gasteiger partial charge in [0.05, 0.1) is 10.5 Å². The van der Waals surface area contributed by atoms with Gasteiger partial charge in [-0.1, -0.05) is 25.1 Å². The molecule has 0 atom stereocenters. The number of carbonyl (C=O) groups excluding carboxylic acids is 1. The maximum Gasteiger partial charge on any atom is 0.354 e. The molecule has 4 N–H and O–H groups in total. The van der Waals surface area contributed by atoms with Crippen LogP contribution in [0.1, 0.15) is 33.6 Å². The van der Waals surface area contributed by atoms with Gasteiger partial charge in [0, 0.05) is 24.2 Å². The third-order valence-electron chi connectivity index (χ3n) is 5.38. The van der Waals surface area contributed by atoms with E-state index in [1.807, 2.05) is 6.07 Å². The van der Waals surface area contributed by atoms with E-state index in [2.05, 4.69) is 15.3 Å². The van der Waals surface area contributed by atoms with E-state index in [-0.39, 0.29) is 29.9 Å². The Labute approximate surface area is 185 Å². The molecule has 0 bridgehead atoms. The Bertz CT molecular complexity index is 984. The molecule has 1 fully saturated rings. The van der Waals surface area contributed by atoms with Crippen molar-refractivity contribution in [3.05, 3.63) is 40.4 Å². The Hall–Kier alpha value is -3.47. The molecule has 1 saturated heterocycles. The van der Waals surface area contributed by atoms with Crippen molar-refractivity contribution >= 4 is 28.9 Å². The second-order valence-electron chi connectivity index (χ2n) is 8.79. The molecule has 1 amide bonds. The summed E-state index contributed by atoms with van der Waals surface area (Å²) in [6.07, 6.45) is 0.871. The van der Waals surface area contributed by atoms with Crippen LogP contribution in [-0.2, 0) is 4.79 Å². The van der Waals surface area contributed by atoms with Crippen LogP contribution in [0.15, 0.2) is 30.3 Å². The average molecular weight is 444 g/mol. The maximum atomic E-state index is 12.0. The van der Waals surface area contributed by atoms with Crippen LogP contribution in [0.5, 0.6) is 6.01 Å². The van der Waals surface area contributed by atoms with Gasteiger partial charge in [0.15, 0.2) is 0 Å². The Morgan fingerprint density at radius 2 is 1.94 bits per heavy atom. The lowest BCUT2D eigenvalue weighted by Crippen LogP contribution is -2.45. The van der Waals surface area contributed by atoms with Crippen LogP contribution >= 0.6 is 0 Å². The van der Waals surface area contributed by atoms with Crippen LogP contribution in [0.25, 0.3) is 0 Å². The number of piperidine rings is 1. The fourth-order valence-electron chi connectivity index (χ4n) is 3.32. The number of primary amides is 1. The number of carbonyl (C=O) groups is 1. The Kier molecular flexibility index (Phi) is 6.49. The number of nitro groups is 1. The molecule has 2 aromatic rings. The zero-order chi connectivity index (χ0) is 23.5. The number of nitrogens with zero attached hydrogens (tertiary/aromatic N) is 4. The number of hydrogen-bond acceptors (Lipinski definition) is 9. The fraction of sp³-hybridized carbons (Fsp3) is 0.476. The first-order valence-electron chi connectivity index (χ1n) is 10.3. The molecule has 2 heterocycles. The van der Waals surface area contributed by atoms with Crippen molar-refractivity contribution in [2.45, 2.75) is 39.2 Å². The molecule has 11 heteroatoms. The third-order valence-corrected chi connectivity index (χ3v) is 5.38. The fourth-order valence-corrected chi connectivity index (χ4v) is 3.32. The predicted octanol–water partition coefficient (Wildman–Crippen LogP) is 2.37. The highest BCUT2D eigenvalue weighted by atomic mass is 16.6. The van der Waals surface area contributed by atoms with Gasteiger partial charge in [-0.2, -0.15) is 9.97 Å². The van der Waals surface area contributed by atoms with Gasteiger partial charge < -0.3 is 25.8 Å². The number of nitrogens with two attached hydrogens (primary N) is 1. The van der Waals surface area contributed by atoms with E-state index in [1.54, 1.807) is 49.9 Å². The van der Waals surface area contributed by atoms with Gasteiger partial charge in [-0.3, -0.25) is 14.9 Å². The van der Waals surface area contributed by atoms with Crippen LogP contribution in [0.2, 0.25) is 0 Å². The van der Waals surface area contributed by atoms with Gasteiger partial charge in [0.2, 0.25) is 17.5 Å². The van der Waals surface area contributed by atoms with Gasteiger partial charge >= 0.3 is 11.7 Å². The summed E-state index contributed by atoms with van der Waals surface area (Å²) in [4.78, 5) is 33.5. The summed E-state index contributed by atoms with van der Waals surface area (Å²) in [5.41, 5.74) is 4.02. The molecule has 11 nitrogen and oxygen atoms in total. The summed E-state index contributed by atoms with van der Waals surface area (Å²) in [6, 6.07) is 8.81. The summed E-state index contributed by atoms with van der Waals surface area (Å²) in [6.45, 7) is 5.53. The van der Waals surface area contributed by atoms with E-state index in [0.29, 0.717) is 31.6 Å². The number of para-hydroxylation sites is 1. The van der Waals surface area contributed by atoms with Crippen molar-refractivity contribution < 1.29 is 19.6 Å². The third kappa shape index (κ3) is 5.41. The van der Waals surface area contributed by atoms with Gasteiger partial charge in [0.25, 0.3) is 0 Å². The SMILES string of the molecule is CC(C)(O)COc1nc(Nc2ccccc2)c([N+](=O)[O-])c(N2CCC(C)(C(N)=O)CC2)n1. The average Bonchev–Trinajstić information content (AvgIpc) is 2.72. The minimum atomic E-state index is -1.15. The van der Waals surface area contributed by atoms with E-state index in [9.17, 15) is 20.0 Å². The normalized spacial score (nSPS) is 15.8. The number of anilines is 3. The molecule has 32 heavy (non-hydrogen) atoms. The molecular formula is C21H28N6O5. The zero-order valence-corrected chi connectivity index (χ0v) is 18.4. The van der Waals surface area contributed by atoms with Crippen LogP contribution in [0.3, 0.4) is 0 Å². The number of hydrogen-bond donors (Lipinski definition) is 3. The van der Waals surface area contributed by atoms with Crippen molar-refractivity contribution in [3.63, 3.8) is 0 Å². The van der Waals surface area contributed by atoms with Crippen molar-refractivity contribution in [2.75, 3.05) is 29.9 Å². The van der Waals surface area contributed by atoms with Gasteiger partial charge in [-0.25, -0.2) is 0 Å². The quantitative estimate of drug-likeness (QED) is 0.411. The van der Waals surface area contributed by atoms with E-state index >= 15 is 0 Å². The molecule has 1 aliphatic rings. The monoisotopic (exact) mass is 444 g/mol. The van der Waals surface area contributed by atoms with Crippen LogP contribution in [0, 0.1) is 15.5 Å².